The maximum atomic E-state index is 13.8. The van der Waals surface area contributed by atoms with Crippen LogP contribution in [0.4, 0.5) is 8.78 Å². The number of esters is 1. The van der Waals surface area contributed by atoms with Gasteiger partial charge in [0.25, 0.3) is 0 Å². The first-order valence-corrected chi connectivity index (χ1v) is 7.45. The lowest BCUT2D eigenvalue weighted by Crippen LogP contribution is -2.14. The van der Waals surface area contributed by atoms with Crippen LogP contribution in [0.1, 0.15) is 25.3 Å². The summed E-state index contributed by atoms with van der Waals surface area (Å²) in [5.41, 5.74) is 0.575. The van der Waals surface area contributed by atoms with E-state index in [0.29, 0.717) is 12.1 Å². The van der Waals surface area contributed by atoms with Crippen LogP contribution < -0.4 is 5.32 Å². The molecule has 112 valence electrons. The lowest BCUT2D eigenvalue weighted by atomic mass is 10.2. The molecule has 6 heteroatoms. The third-order valence-corrected chi connectivity index (χ3v) is 3.68. The van der Waals surface area contributed by atoms with Crippen molar-refractivity contribution in [3.63, 3.8) is 0 Å². The van der Waals surface area contributed by atoms with Crippen molar-refractivity contribution < 1.29 is 18.3 Å². The summed E-state index contributed by atoms with van der Waals surface area (Å²) in [7, 11) is 1.28. The van der Waals surface area contributed by atoms with Gasteiger partial charge in [0.2, 0.25) is 0 Å². The van der Waals surface area contributed by atoms with E-state index < -0.39 is 17.6 Å². The number of carbonyl (C=O) groups excluding carboxylic acids is 1. The monoisotopic (exact) mass is 303 g/mol. The number of benzene rings is 1. The topological polar surface area (TPSA) is 38.3 Å². The van der Waals surface area contributed by atoms with Gasteiger partial charge in [-0.2, -0.15) is 0 Å². The molecule has 1 rings (SSSR count). The number of carbonyl (C=O) groups is 1. The average Bonchev–Trinajstić information content (AvgIpc) is 2.42. The van der Waals surface area contributed by atoms with Gasteiger partial charge in [-0.3, -0.25) is 4.79 Å². The van der Waals surface area contributed by atoms with Crippen LogP contribution in [0.3, 0.4) is 0 Å². The first-order chi connectivity index (χ1) is 9.58. The minimum atomic E-state index is -0.590. The van der Waals surface area contributed by atoms with Crippen LogP contribution in [-0.2, 0) is 16.1 Å². The standard InChI is InChI=1S/C14H19F2NO2S/c1-3-5-17-9-10-7-11(15)14(12(16)8-10)20-6-4-13(18)19-2/h7-8,17H,3-6,9H2,1-2H3. The lowest BCUT2D eigenvalue weighted by molar-refractivity contribution is -0.140. The molecule has 20 heavy (non-hydrogen) atoms. The Morgan fingerprint density at radius 2 is 2.00 bits per heavy atom. The summed E-state index contributed by atoms with van der Waals surface area (Å²) >= 11 is 0.983. The summed E-state index contributed by atoms with van der Waals surface area (Å²) in [5, 5.41) is 3.09. The Morgan fingerprint density at radius 3 is 2.55 bits per heavy atom. The molecule has 1 N–H and O–H groups in total. The van der Waals surface area contributed by atoms with E-state index in [1.807, 2.05) is 6.92 Å². The van der Waals surface area contributed by atoms with Crippen molar-refractivity contribution in [3.05, 3.63) is 29.3 Å². The Hall–Kier alpha value is -1.14. The second kappa shape index (κ2) is 8.92. The molecule has 0 fully saturated rings. The van der Waals surface area contributed by atoms with Crippen molar-refractivity contribution in [1.82, 2.24) is 5.32 Å². The molecule has 0 heterocycles. The summed E-state index contributed by atoms with van der Waals surface area (Å²) in [6.07, 6.45) is 1.09. The molecule has 0 atom stereocenters. The van der Waals surface area contributed by atoms with Gasteiger partial charge >= 0.3 is 5.97 Å². The van der Waals surface area contributed by atoms with Gasteiger partial charge < -0.3 is 10.1 Å². The number of rotatable bonds is 8. The number of hydrogen-bond acceptors (Lipinski definition) is 4. The fourth-order valence-corrected chi connectivity index (χ4v) is 2.47. The quantitative estimate of drug-likeness (QED) is 0.455. The molecule has 0 bridgehead atoms. The smallest absolute Gasteiger partial charge is 0.306 e. The highest BCUT2D eigenvalue weighted by Gasteiger charge is 2.12. The van der Waals surface area contributed by atoms with E-state index in [1.165, 1.54) is 19.2 Å². The van der Waals surface area contributed by atoms with Gasteiger partial charge in [-0.25, -0.2) is 8.78 Å². The van der Waals surface area contributed by atoms with Gasteiger partial charge in [-0.1, -0.05) is 6.92 Å². The number of thioether (sulfide) groups is 1. The van der Waals surface area contributed by atoms with Gasteiger partial charge in [-0.15, -0.1) is 11.8 Å². The van der Waals surface area contributed by atoms with E-state index >= 15 is 0 Å². The molecule has 0 aromatic heterocycles. The zero-order valence-electron chi connectivity index (χ0n) is 11.7. The van der Waals surface area contributed by atoms with Crippen LogP contribution >= 0.6 is 11.8 Å². The van der Waals surface area contributed by atoms with Gasteiger partial charge in [0.15, 0.2) is 0 Å². The molecule has 0 saturated heterocycles. The summed E-state index contributed by atoms with van der Waals surface area (Å²) < 4.78 is 32.1. The highest BCUT2D eigenvalue weighted by atomic mass is 32.2. The van der Waals surface area contributed by atoms with Crippen molar-refractivity contribution in [1.29, 1.82) is 0 Å². The van der Waals surface area contributed by atoms with Crippen molar-refractivity contribution in [2.45, 2.75) is 31.2 Å². The van der Waals surface area contributed by atoms with E-state index in [1.54, 1.807) is 0 Å². The molecule has 0 aliphatic carbocycles. The summed E-state index contributed by atoms with van der Waals surface area (Å²) in [4.78, 5) is 10.9. The second-order valence-electron chi connectivity index (χ2n) is 4.24. The Labute approximate surface area is 122 Å². The van der Waals surface area contributed by atoms with Gasteiger partial charge in [-0.05, 0) is 30.7 Å². The van der Waals surface area contributed by atoms with Crippen molar-refractivity contribution >= 4 is 17.7 Å². The third kappa shape index (κ3) is 5.46. The van der Waals surface area contributed by atoms with Gasteiger partial charge in [0.1, 0.15) is 11.6 Å². The molecule has 0 aliphatic rings. The zero-order valence-corrected chi connectivity index (χ0v) is 12.5. The maximum Gasteiger partial charge on any atom is 0.306 e. The predicted octanol–water partition coefficient (Wildman–Crippen LogP) is 3.12. The van der Waals surface area contributed by atoms with E-state index in [4.69, 9.17) is 0 Å². The van der Waals surface area contributed by atoms with E-state index in [-0.39, 0.29) is 17.1 Å². The second-order valence-corrected chi connectivity index (χ2v) is 5.35. The molecule has 0 radical (unpaired) electrons. The first-order valence-electron chi connectivity index (χ1n) is 6.46. The van der Waals surface area contributed by atoms with Crippen LogP contribution in [0.5, 0.6) is 0 Å². The number of hydrogen-bond donors (Lipinski definition) is 1. The van der Waals surface area contributed by atoms with Gasteiger partial charge in [0, 0.05) is 12.3 Å². The van der Waals surface area contributed by atoms with Crippen LogP contribution in [0.15, 0.2) is 17.0 Å². The lowest BCUT2D eigenvalue weighted by Gasteiger charge is -2.08. The molecule has 0 unspecified atom stereocenters. The third-order valence-electron chi connectivity index (χ3n) is 2.59. The average molecular weight is 303 g/mol. The van der Waals surface area contributed by atoms with Crippen LogP contribution in [0.25, 0.3) is 0 Å². The van der Waals surface area contributed by atoms with Gasteiger partial charge in [0.05, 0.1) is 18.4 Å². The highest BCUT2D eigenvalue weighted by molar-refractivity contribution is 7.99. The van der Waals surface area contributed by atoms with Crippen LogP contribution in [0, 0.1) is 11.6 Å². The minimum Gasteiger partial charge on any atom is -0.469 e. The van der Waals surface area contributed by atoms with E-state index in [2.05, 4.69) is 10.1 Å². The number of methoxy groups -OCH3 is 1. The van der Waals surface area contributed by atoms with Crippen molar-refractivity contribution in [2.24, 2.45) is 0 Å². The normalized spacial score (nSPS) is 10.6. The molecule has 0 aliphatic heterocycles. The van der Waals surface area contributed by atoms with E-state index in [9.17, 15) is 13.6 Å². The largest absolute Gasteiger partial charge is 0.469 e. The first kappa shape index (κ1) is 16.9. The Bertz CT molecular complexity index is 432. The van der Waals surface area contributed by atoms with Crippen molar-refractivity contribution in [3.8, 4) is 0 Å². The number of halogens is 2. The molecule has 1 aromatic rings. The summed E-state index contributed by atoms with van der Waals surface area (Å²) in [6, 6.07) is 2.65. The maximum absolute atomic E-state index is 13.8. The number of ether oxygens (including phenoxy) is 1. The van der Waals surface area contributed by atoms with E-state index in [0.717, 1.165) is 24.7 Å². The minimum absolute atomic E-state index is 0.0480. The van der Waals surface area contributed by atoms with Crippen LogP contribution in [-0.4, -0.2) is 25.4 Å². The SMILES string of the molecule is CCCNCc1cc(F)c(SCCC(=O)OC)c(F)c1. The zero-order chi connectivity index (χ0) is 15.0. The summed E-state index contributed by atoms with van der Waals surface area (Å²) in [6.45, 7) is 3.27. The molecular formula is C14H19F2NO2S. The fraction of sp³-hybridized carbons (Fsp3) is 0.500. The molecule has 0 saturated carbocycles. The molecule has 0 amide bonds. The predicted molar refractivity (Wildman–Crippen MR) is 75.7 cm³/mol. The summed E-state index contributed by atoms with van der Waals surface area (Å²) in [5.74, 6) is -1.28. The fourth-order valence-electron chi connectivity index (χ4n) is 1.60. The molecular weight excluding hydrogens is 284 g/mol. The number of nitrogens with one attached hydrogen (secondary N) is 1. The Balaban J connectivity index is 2.61. The molecule has 0 spiro atoms. The molecule has 3 nitrogen and oxygen atoms in total. The Kier molecular flexibility index (Phi) is 7.54. The van der Waals surface area contributed by atoms with Crippen LogP contribution in [0.2, 0.25) is 0 Å². The Morgan fingerprint density at radius 1 is 1.35 bits per heavy atom. The highest BCUT2D eigenvalue weighted by Crippen LogP contribution is 2.27. The molecule has 1 aromatic carbocycles. The van der Waals surface area contributed by atoms with Crippen molar-refractivity contribution in [2.75, 3.05) is 19.4 Å².